The van der Waals surface area contributed by atoms with Gasteiger partial charge in [-0.1, -0.05) is 85.8 Å². The van der Waals surface area contributed by atoms with Gasteiger partial charge in [0.05, 0.1) is 12.3 Å². The second-order valence-corrected chi connectivity index (χ2v) is 7.46. The molecule has 0 bridgehead atoms. The average molecular weight is 411 g/mol. The minimum Gasteiger partial charge on any atom is -0.464 e. The van der Waals surface area contributed by atoms with E-state index in [9.17, 15) is 4.79 Å². The molecule has 0 saturated carbocycles. The molecule has 4 aromatic rings. The third-order valence-corrected chi connectivity index (χ3v) is 5.19. The number of para-hydroxylation sites is 1. The predicted octanol–water partition coefficient (Wildman–Crippen LogP) is 5.57. The van der Waals surface area contributed by atoms with E-state index < -0.39 is 6.04 Å². The maximum Gasteiger partial charge on any atom is 0.331 e. The van der Waals surface area contributed by atoms with Gasteiger partial charge in [-0.3, -0.25) is 4.99 Å². The third kappa shape index (κ3) is 4.92. The zero-order chi connectivity index (χ0) is 21.5. The molecule has 0 saturated heterocycles. The lowest BCUT2D eigenvalue weighted by molar-refractivity contribution is -0.145. The summed E-state index contributed by atoms with van der Waals surface area (Å²) in [6.07, 6.45) is 3.21. The van der Waals surface area contributed by atoms with E-state index >= 15 is 0 Å². The van der Waals surface area contributed by atoms with Gasteiger partial charge in [-0.2, -0.15) is 0 Å². The van der Waals surface area contributed by atoms with Crippen LogP contribution in [0.4, 0.5) is 0 Å². The largest absolute Gasteiger partial charge is 0.464 e. The van der Waals surface area contributed by atoms with Gasteiger partial charge in [0.25, 0.3) is 0 Å². The summed E-state index contributed by atoms with van der Waals surface area (Å²) in [5, 5.41) is 1.10. The van der Waals surface area contributed by atoms with Crippen LogP contribution in [0.25, 0.3) is 10.9 Å². The number of aromatic amines is 1. The Hall–Kier alpha value is -3.66. The van der Waals surface area contributed by atoms with Crippen LogP contribution in [0.15, 0.2) is 96.1 Å². The quantitative estimate of drug-likeness (QED) is 0.305. The molecule has 1 atom stereocenters. The minimum absolute atomic E-state index is 0.295. The Bertz CT molecular complexity index is 1120. The summed E-state index contributed by atoms with van der Waals surface area (Å²) in [6, 6.07) is 27.4. The number of carbonyl (C=O) groups is 1. The summed E-state index contributed by atoms with van der Waals surface area (Å²) in [6.45, 7) is 2.38. The van der Waals surface area contributed by atoms with E-state index in [4.69, 9.17) is 9.73 Å². The normalized spacial score (nSPS) is 11.8. The van der Waals surface area contributed by atoms with Crippen molar-refractivity contribution in [2.75, 3.05) is 6.61 Å². The van der Waals surface area contributed by atoms with E-state index in [1.807, 2.05) is 92.0 Å². The number of H-pyrrole nitrogens is 1. The van der Waals surface area contributed by atoms with Crippen LogP contribution >= 0.6 is 0 Å². The highest BCUT2D eigenvalue weighted by atomic mass is 16.5. The molecule has 4 nitrogen and oxygen atoms in total. The molecule has 1 unspecified atom stereocenters. The molecule has 3 aromatic carbocycles. The summed E-state index contributed by atoms with van der Waals surface area (Å²) in [7, 11) is 0. The van der Waals surface area contributed by atoms with E-state index in [0.717, 1.165) is 39.7 Å². The summed E-state index contributed by atoms with van der Waals surface area (Å²) >= 11 is 0. The summed E-state index contributed by atoms with van der Waals surface area (Å²) in [4.78, 5) is 21.3. The first kappa shape index (κ1) is 20.6. The first-order chi connectivity index (χ1) is 15.3. The van der Waals surface area contributed by atoms with Crippen molar-refractivity contribution < 1.29 is 9.53 Å². The van der Waals surface area contributed by atoms with E-state index in [1.54, 1.807) is 0 Å². The number of aliphatic imine (C=N–C) groups is 1. The lowest BCUT2D eigenvalue weighted by Gasteiger charge is -2.15. The number of benzene rings is 3. The van der Waals surface area contributed by atoms with Gasteiger partial charge in [0.15, 0.2) is 6.04 Å². The highest BCUT2D eigenvalue weighted by molar-refractivity contribution is 6.13. The SMILES string of the molecule is CCCOC(=O)C(Cc1c[nH]c2ccccc12)N=C(c1ccccc1)c1ccccc1. The molecule has 0 aliphatic rings. The Morgan fingerprint density at radius 2 is 1.52 bits per heavy atom. The van der Waals surface area contributed by atoms with Crippen LogP contribution in [-0.4, -0.2) is 29.3 Å². The molecule has 1 N–H and O–H groups in total. The number of nitrogens with one attached hydrogen (secondary N) is 1. The van der Waals surface area contributed by atoms with E-state index in [1.165, 1.54) is 0 Å². The van der Waals surface area contributed by atoms with Gasteiger partial charge in [-0.25, -0.2) is 4.79 Å². The number of nitrogens with zero attached hydrogens (tertiary/aromatic N) is 1. The van der Waals surface area contributed by atoms with Gasteiger partial charge < -0.3 is 9.72 Å². The highest BCUT2D eigenvalue weighted by Gasteiger charge is 2.23. The van der Waals surface area contributed by atoms with Crippen molar-refractivity contribution in [3.8, 4) is 0 Å². The third-order valence-electron chi connectivity index (χ3n) is 5.19. The topological polar surface area (TPSA) is 54.5 Å². The zero-order valence-electron chi connectivity index (χ0n) is 17.6. The zero-order valence-corrected chi connectivity index (χ0v) is 17.6. The van der Waals surface area contributed by atoms with Crippen molar-refractivity contribution in [3.63, 3.8) is 0 Å². The molecular weight excluding hydrogens is 384 g/mol. The fourth-order valence-corrected chi connectivity index (χ4v) is 3.65. The van der Waals surface area contributed by atoms with Crippen LogP contribution in [0.5, 0.6) is 0 Å². The molecule has 0 fully saturated rings. The first-order valence-corrected chi connectivity index (χ1v) is 10.7. The Labute approximate surface area is 182 Å². The van der Waals surface area contributed by atoms with Crippen molar-refractivity contribution in [1.82, 2.24) is 4.98 Å². The molecular formula is C27H26N2O2. The molecule has 4 rings (SSSR count). The summed E-state index contributed by atoms with van der Waals surface area (Å²) in [5.41, 5.74) is 4.84. The summed E-state index contributed by atoms with van der Waals surface area (Å²) < 4.78 is 5.53. The number of hydrogen-bond donors (Lipinski definition) is 1. The Kier molecular flexibility index (Phi) is 6.58. The predicted molar refractivity (Wildman–Crippen MR) is 126 cm³/mol. The maximum absolute atomic E-state index is 13.0. The molecule has 4 heteroatoms. The molecule has 0 amide bonds. The van der Waals surface area contributed by atoms with Gasteiger partial charge >= 0.3 is 5.97 Å². The number of aromatic nitrogens is 1. The number of carbonyl (C=O) groups excluding carboxylic acids is 1. The fraction of sp³-hybridized carbons (Fsp3) is 0.185. The molecule has 1 heterocycles. The van der Waals surface area contributed by atoms with Crippen LogP contribution in [0.1, 0.15) is 30.0 Å². The fourth-order valence-electron chi connectivity index (χ4n) is 3.65. The Morgan fingerprint density at radius 3 is 2.16 bits per heavy atom. The number of esters is 1. The van der Waals surface area contributed by atoms with Gasteiger partial charge in [-0.15, -0.1) is 0 Å². The second kappa shape index (κ2) is 9.90. The van der Waals surface area contributed by atoms with Crippen molar-refractivity contribution in [3.05, 3.63) is 108 Å². The Balaban J connectivity index is 1.76. The second-order valence-electron chi connectivity index (χ2n) is 7.46. The number of hydrogen-bond acceptors (Lipinski definition) is 3. The molecule has 31 heavy (non-hydrogen) atoms. The minimum atomic E-state index is -0.638. The number of fused-ring (bicyclic) bond motifs is 1. The monoisotopic (exact) mass is 410 g/mol. The highest BCUT2D eigenvalue weighted by Crippen LogP contribution is 2.22. The standard InChI is InChI=1S/C27H26N2O2/c1-2-17-31-27(30)25(18-22-19-28-24-16-10-9-15-23(22)24)29-26(20-11-5-3-6-12-20)21-13-7-4-8-14-21/h3-16,19,25,28H,2,17-18H2,1H3. The van der Waals surface area contributed by atoms with Crippen LogP contribution < -0.4 is 0 Å². The first-order valence-electron chi connectivity index (χ1n) is 10.7. The summed E-state index contributed by atoms with van der Waals surface area (Å²) in [5.74, 6) is -0.295. The van der Waals surface area contributed by atoms with E-state index in [-0.39, 0.29) is 5.97 Å². The lowest BCUT2D eigenvalue weighted by atomic mass is 10.0. The van der Waals surface area contributed by atoms with Crippen molar-refractivity contribution in [2.24, 2.45) is 4.99 Å². The van der Waals surface area contributed by atoms with Crippen molar-refractivity contribution >= 4 is 22.6 Å². The Morgan fingerprint density at radius 1 is 0.903 bits per heavy atom. The lowest BCUT2D eigenvalue weighted by Crippen LogP contribution is -2.26. The van der Waals surface area contributed by atoms with Gasteiger partial charge in [0, 0.05) is 34.6 Å². The molecule has 0 spiro atoms. The van der Waals surface area contributed by atoms with Crippen LogP contribution in [0.2, 0.25) is 0 Å². The maximum atomic E-state index is 13.0. The van der Waals surface area contributed by atoms with Crippen LogP contribution in [0, 0.1) is 0 Å². The average Bonchev–Trinajstić information content (AvgIpc) is 3.24. The number of ether oxygens (including phenoxy) is 1. The molecule has 156 valence electrons. The molecule has 0 radical (unpaired) electrons. The molecule has 0 aliphatic heterocycles. The van der Waals surface area contributed by atoms with E-state index in [0.29, 0.717) is 13.0 Å². The molecule has 1 aromatic heterocycles. The van der Waals surface area contributed by atoms with Crippen molar-refractivity contribution in [1.29, 1.82) is 0 Å². The van der Waals surface area contributed by atoms with Gasteiger partial charge in [-0.05, 0) is 18.1 Å². The van der Waals surface area contributed by atoms with Crippen molar-refractivity contribution in [2.45, 2.75) is 25.8 Å². The number of rotatable bonds is 8. The van der Waals surface area contributed by atoms with Crippen LogP contribution in [-0.2, 0) is 16.0 Å². The van der Waals surface area contributed by atoms with Crippen LogP contribution in [0.3, 0.4) is 0 Å². The van der Waals surface area contributed by atoms with Gasteiger partial charge in [0.2, 0.25) is 0 Å². The smallest absolute Gasteiger partial charge is 0.331 e. The van der Waals surface area contributed by atoms with E-state index in [2.05, 4.69) is 11.1 Å². The molecule has 0 aliphatic carbocycles. The van der Waals surface area contributed by atoms with Gasteiger partial charge in [0.1, 0.15) is 0 Å².